The Hall–Kier alpha value is -1.32. The molecule has 7 nitrogen and oxygen atoms in total. The van der Waals surface area contributed by atoms with Crippen molar-refractivity contribution in [2.24, 2.45) is 0 Å². The van der Waals surface area contributed by atoms with E-state index in [2.05, 4.69) is 0 Å². The zero-order valence-corrected chi connectivity index (χ0v) is 13.8. The number of rotatable bonds is 7. The topological polar surface area (TPSA) is 107 Å². The summed E-state index contributed by atoms with van der Waals surface area (Å²) in [5.41, 5.74) is 5.34. The molecular formula is C12H19N3O4S2. The molecule has 118 valence electrons. The van der Waals surface area contributed by atoms with Crippen molar-refractivity contribution in [1.29, 1.82) is 0 Å². The van der Waals surface area contributed by atoms with E-state index in [9.17, 15) is 18.5 Å². The molecule has 2 N–H and O–H groups in total. The van der Waals surface area contributed by atoms with E-state index < -0.39 is 14.9 Å². The zero-order chi connectivity index (χ0) is 16.2. The fourth-order valence-electron chi connectivity index (χ4n) is 1.91. The van der Waals surface area contributed by atoms with Crippen molar-refractivity contribution in [3.63, 3.8) is 0 Å². The third-order valence-electron chi connectivity index (χ3n) is 3.21. The van der Waals surface area contributed by atoms with E-state index in [1.807, 2.05) is 13.2 Å². The number of anilines is 1. The molecule has 0 aliphatic carbocycles. The van der Waals surface area contributed by atoms with Crippen LogP contribution in [0.5, 0.6) is 0 Å². The van der Waals surface area contributed by atoms with Gasteiger partial charge in [0.15, 0.2) is 0 Å². The second-order valence-electron chi connectivity index (χ2n) is 4.52. The van der Waals surface area contributed by atoms with Crippen LogP contribution in [0, 0.1) is 10.1 Å². The first-order valence-electron chi connectivity index (χ1n) is 6.26. The van der Waals surface area contributed by atoms with Gasteiger partial charge in [-0.15, -0.1) is 0 Å². The van der Waals surface area contributed by atoms with Crippen molar-refractivity contribution < 1.29 is 13.3 Å². The van der Waals surface area contributed by atoms with Gasteiger partial charge >= 0.3 is 0 Å². The molecule has 0 aliphatic heterocycles. The molecule has 0 spiro atoms. The lowest BCUT2D eigenvalue weighted by molar-refractivity contribution is -0.384. The molecule has 0 aromatic heterocycles. The minimum Gasteiger partial charge on any atom is -0.397 e. The molecule has 0 aliphatic rings. The van der Waals surface area contributed by atoms with Crippen LogP contribution in [0.1, 0.15) is 13.3 Å². The van der Waals surface area contributed by atoms with Gasteiger partial charge in [0.25, 0.3) is 5.69 Å². The molecule has 1 unspecified atom stereocenters. The summed E-state index contributed by atoms with van der Waals surface area (Å²) in [5, 5.41) is 10.7. The van der Waals surface area contributed by atoms with Crippen molar-refractivity contribution in [3.05, 3.63) is 28.3 Å². The molecule has 0 radical (unpaired) electrons. The molecule has 0 fully saturated rings. The van der Waals surface area contributed by atoms with Gasteiger partial charge in [0, 0.05) is 31.0 Å². The summed E-state index contributed by atoms with van der Waals surface area (Å²) < 4.78 is 26.4. The maximum atomic E-state index is 12.6. The van der Waals surface area contributed by atoms with Gasteiger partial charge in [-0.25, -0.2) is 8.42 Å². The summed E-state index contributed by atoms with van der Waals surface area (Å²) in [6.45, 7) is 1.91. The first-order chi connectivity index (χ1) is 9.75. The standard InChI is InChI=1S/C12H19N3O4S2/c1-4-9(8-20-3)14(2)21(18,19)12-6-5-10(15(16)17)7-11(12)13/h5-7,9H,4,8,13H2,1-3H3. The maximum Gasteiger partial charge on any atom is 0.271 e. The van der Waals surface area contributed by atoms with Crippen molar-refractivity contribution in [2.75, 3.05) is 24.8 Å². The van der Waals surface area contributed by atoms with E-state index in [0.717, 1.165) is 12.1 Å². The van der Waals surface area contributed by atoms with Crippen LogP contribution in [0.25, 0.3) is 0 Å². The fourth-order valence-corrected chi connectivity index (χ4v) is 4.37. The van der Waals surface area contributed by atoms with Crippen LogP contribution in [0.15, 0.2) is 23.1 Å². The Morgan fingerprint density at radius 3 is 2.52 bits per heavy atom. The zero-order valence-electron chi connectivity index (χ0n) is 12.1. The summed E-state index contributed by atoms with van der Waals surface area (Å²) in [7, 11) is -2.27. The molecule has 1 aromatic rings. The lowest BCUT2D eigenvalue weighted by Crippen LogP contribution is -2.38. The number of nitrogens with two attached hydrogens (primary N) is 1. The van der Waals surface area contributed by atoms with Crippen molar-refractivity contribution in [3.8, 4) is 0 Å². The molecule has 1 atom stereocenters. The highest BCUT2D eigenvalue weighted by molar-refractivity contribution is 7.98. The van der Waals surface area contributed by atoms with Crippen LogP contribution in [0.2, 0.25) is 0 Å². The average Bonchev–Trinajstić information content (AvgIpc) is 2.43. The molecule has 0 saturated heterocycles. The number of nitro groups is 1. The number of sulfonamides is 1. The Balaban J connectivity index is 3.21. The van der Waals surface area contributed by atoms with Crippen molar-refractivity contribution in [2.45, 2.75) is 24.3 Å². The van der Waals surface area contributed by atoms with Gasteiger partial charge in [0.2, 0.25) is 10.0 Å². The lowest BCUT2D eigenvalue weighted by atomic mass is 10.3. The molecule has 1 aromatic carbocycles. The largest absolute Gasteiger partial charge is 0.397 e. The number of non-ortho nitro benzene ring substituents is 1. The minimum atomic E-state index is -3.77. The Morgan fingerprint density at radius 2 is 2.10 bits per heavy atom. The maximum absolute atomic E-state index is 12.6. The second kappa shape index (κ2) is 7.10. The van der Waals surface area contributed by atoms with Gasteiger partial charge in [-0.05, 0) is 18.7 Å². The number of hydrogen-bond acceptors (Lipinski definition) is 6. The van der Waals surface area contributed by atoms with Gasteiger partial charge in [-0.1, -0.05) is 6.92 Å². The normalized spacial score (nSPS) is 13.3. The van der Waals surface area contributed by atoms with Crippen molar-refractivity contribution in [1.82, 2.24) is 4.31 Å². The molecule has 9 heteroatoms. The van der Waals surface area contributed by atoms with E-state index in [0.29, 0.717) is 12.2 Å². The number of nitro benzene ring substituents is 1. The van der Waals surface area contributed by atoms with Crippen LogP contribution in [0.4, 0.5) is 11.4 Å². The Kier molecular flexibility index (Phi) is 5.99. The molecule has 21 heavy (non-hydrogen) atoms. The summed E-state index contributed by atoms with van der Waals surface area (Å²) in [4.78, 5) is 9.96. The molecule has 0 saturated carbocycles. The summed E-state index contributed by atoms with van der Waals surface area (Å²) >= 11 is 1.56. The smallest absolute Gasteiger partial charge is 0.271 e. The molecule has 0 amide bonds. The third kappa shape index (κ3) is 3.86. The fraction of sp³-hybridized carbons (Fsp3) is 0.500. The molecule has 0 bridgehead atoms. The predicted molar refractivity (Wildman–Crippen MR) is 84.9 cm³/mol. The number of benzene rings is 1. The van der Waals surface area contributed by atoms with Crippen molar-refractivity contribution >= 4 is 33.2 Å². The average molecular weight is 333 g/mol. The Bertz CT molecular complexity index is 619. The van der Waals surface area contributed by atoms with E-state index in [-0.39, 0.29) is 22.3 Å². The lowest BCUT2D eigenvalue weighted by Gasteiger charge is -2.26. The van der Waals surface area contributed by atoms with Gasteiger partial charge < -0.3 is 5.73 Å². The summed E-state index contributed by atoms with van der Waals surface area (Å²) in [6.07, 6.45) is 2.58. The van der Waals surface area contributed by atoms with E-state index in [1.54, 1.807) is 11.8 Å². The number of thioether (sulfide) groups is 1. The van der Waals surface area contributed by atoms with Gasteiger partial charge in [-0.3, -0.25) is 10.1 Å². The Morgan fingerprint density at radius 1 is 1.48 bits per heavy atom. The highest BCUT2D eigenvalue weighted by Gasteiger charge is 2.29. The molecule has 1 rings (SSSR count). The van der Waals surface area contributed by atoms with Gasteiger partial charge in [0.05, 0.1) is 10.6 Å². The number of hydrogen-bond donors (Lipinski definition) is 1. The first kappa shape index (κ1) is 17.7. The van der Waals surface area contributed by atoms with Crippen LogP contribution in [0.3, 0.4) is 0 Å². The second-order valence-corrected chi connectivity index (χ2v) is 7.39. The van der Waals surface area contributed by atoms with Crippen LogP contribution < -0.4 is 5.73 Å². The summed E-state index contributed by atoms with van der Waals surface area (Å²) in [5.74, 6) is 0.666. The van der Waals surface area contributed by atoms with Gasteiger partial charge in [-0.2, -0.15) is 16.1 Å². The molecular weight excluding hydrogens is 314 g/mol. The minimum absolute atomic E-state index is 0.102. The van der Waals surface area contributed by atoms with Crippen LogP contribution >= 0.6 is 11.8 Å². The first-order valence-corrected chi connectivity index (χ1v) is 9.10. The van der Waals surface area contributed by atoms with E-state index >= 15 is 0 Å². The highest BCUT2D eigenvalue weighted by Crippen LogP contribution is 2.27. The third-order valence-corrected chi connectivity index (χ3v) is 5.91. The monoisotopic (exact) mass is 333 g/mol. The van der Waals surface area contributed by atoms with Gasteiger partial charge in [0.1, 0.15) is 4.90 Å². The quantitative estimate of drug-likeness (QED) is 0.464. The highest BCUT2D eigenvalue weighted by atomic mass is 32.2. The van der Waals surface area contributed by atoms with Crippen LogP contribution in [-0.2, 0) is 10.0 Å². The predicted octanol–water partition coefficient (Wildman–Crippen LogP) is 1.94. The molecule has 0 heterocycles. The number of nitrogens with zero attached hydrogens (tertiary/aromatic N) is 2. The van der Waals surface area contributed by atoms with Crippen LogP contribution in [-0.4, -0.2) is 42.7 Å². The van der Waals surface area contributed by atoms with E-state index in [4.69, 9.17) is 5.73 Å². The van der Waals surface area contributed by atoms with E-state index in [1.165, 1.54) is 17.4 Å². The summed E-state index contributed by atoms with van der Waals surface area (Å²) in [6, 6.07) is 3.24. The Labute approximate surface area is 128 Å². The SMILES string of the molecule is CCC(CSC)N(C)S(=O)(=O)c1ccc([N+](=O)[O-])cc1N. The number of nitrogen functional groups attached to an aromatic ring is 1.